The van der Waals surface area contributed by atoms with E-state index in [0.717, 1.165) is 100.0 Å². The van der Waals surface area contributed by atoms with Gasteiger partial charge < -0.3 is 15.4 Å². The molecule has 7 aromatic heterocycles. The largest absolute Gasteiger partial charge is 0.377 e. The average Bonchev–Trinajstić information content (AvgIpc) is 4.10. The first-order valence-electron chi connectivity index (χ1n) is 20.2. The standard InChI is InChI=1S/C43H45N13OS2/c1-28(57-27-29(2)58-39-15-30(23-55-42(39)32(17-44)19-51-55)34-21-50-54(26-34)36-6-5-10-47-22-36)14-38-37(18-45)43-40(59-41-7-3-4-11-48-41)16-31(24-56(43)52-38)33-20-49-53(25-33)35-8-12-46-13-9-35/h3-4,7,11,15-16,19-21,23-26,28-29,35-36,46-47H,5-6,8-10,12-14,22,27H2,1-2H3/t28?,29-,36-/m1/s1. The molecule has 0 saturated carbocycles. The molecule has 0 amide bonds. The van der Waals surface area contributed by atoms with E-state index in [2.05, 4.69) is 73.7 Å². The summed E-state index contributed by atoms with van der Waals surface area (Å²) in [5.74, 6) is 0. The number of fused-ring (bicyclic) bond motifs is 2. The van der Waals surface area contributed by atoms with Crippen LogP contribution >= 0.6 is 23.5 Å². The fraction of sp³-hybridized carbons (Fsp3) is 0.372. The average molecular weight is 824 g/mol. The molecule has 0 aromatic carbocycles. The predicted molar refractivity (Wildman–Crippen MR) is 227 cm³/mol. The first kappa shape index (κ1) is 39.0. The number of hydrogen-bond acceptors (Lipinski definition) is 12. The van der Waals surface area contributed by atoms with E-state index in [-0.39, 0.29) is 11.4 Å². The van der Waals surface area contributed by atoms with E-state index in [9.17, 15) is 10.5 Å². The second-order valence-corrected chi connectivity index (χ2v) is 17.9. The summed E-state index contributed by atoms with van der Waals surface area (Å²) in [6, 6.07) is 15.6. The minimum Gasteiger partial charge on any atom is -0.377 e. The van der Waals surface area contributed by atoms with Gasteiger partial charge in [-0.1, -0.05) is 24.8 Å². The minimum absolute atomic E-state index is 0.0419. The Kier molecular flexibility index (Phi) is 11.5. The fourth-order valence-electron chi connectivity index (χ4n) is 8.01. The number of nitrogens with one attached hydrogen (secondary N) is 2. The van der Waals surface area contributed by atoms with Gasteiger partial charge in [0, 0.05) is 81.2 Å². The van der Waals surface area contributed by atoms with Gasteiger partial charge in [-0.15, -0.1) is 11.8 Å². The molecular weight excluding hydrogens is 779 g/mol. The Labute approximate surface area is 351 Å². The van der Waals surface area contributed by atoms with Gasteiger partial charge in [0.05, 0.1) is 65.7 Å². The van der Waals surface area contributed by atoms with Crippen LogP contribution in [0.4, 0.5) is 0 Å². The molecule has 59 heavy (non-hydrogen) atoms. The van der Waals surface area contributed by atoms with Crippen LogP contribution in [0.5, 0.6) is 0 Å². The van der Waals surface area contributed by atoms with Crippen LogP contribution in [0.25, 0.3) is 33.3 Å². The van der Waals surface area contributed by atoms with Gasteiger partial charge in [-0.25, -0.2) is 14.0 Å². The van der Waals surface area contributed by atoms with Crippen molar-refractivity contribution >= 4 is 34.6 Å². The Morgan fingerprint density at radius 2 is 1.58 bits per heavy atom. The Morgan fingerprint density at radius 1 is 0.814 bits per heavy atom. The summed E-state index contributed by atoms with van der Waals surface area (Å²) < 4.78 is 14.3. The maximum atomic E-state index is 10.6. The molecule has 2 aliphatic rings. The molecule has 0 bridgehead atoms. The van der Waals surface area contributed by atoms with E-state index in [0.29, 0.717) is 41.9 Å². The third kappa shape index (κ3) is 8.37. The number of thioether (sulfide) groups is 1. The van der Waals surface area contributed by atoms with Gasteiger partial charge in [0.15, 0.2) is 0 Å². The Balaban J connectivity index is 0.937. The molecular formula is C43H45N13OS2. The maximum absolute atomic E-state index is 10.6. The minimum atomic E-state index is -0.222. The van der Waals surface area contributed by atoms with Crippen molar-refractivity contribution in [1.82, 2.24) is 54.4 Å². The lowest BCUT2D eigenvalue weighted by molar-refractivity contribution is 0.0686. The topological polar surface area (TPSA) is 164 Å². The number of piperidine rings is 2. The van der Waals surface area contributed by atoms with Crippen LogP contribution in [0.2, 0.25) is 0 Å². The van der Waals surface area contributed by atoms with E-state index in [1.165, 1.54) is 11.8 Å². The fourth-order valence-corrected chi connectivity index (χ4v) is 10.1. The number of nitriles is 2. The van der Waals surface area contributed by atoms with Crippen LogP contribution < -0.4 is 10.6 Å². The highest BCUT2D eigenvalue weighted by Crippen LogP contribution is 2.37. The van der Waals surface area contributed by atoms with E-state index in [1.54, 1.807) is 28.7 Å². The molecule has 2 aliphatic heterocycles. The van der Waals surface area contributed by atoms with Gasteiger partial charge in [-0.05, 0) is 76.5 Å². The zero-order valence-electron chi connectivity index (χ0n) is 33.0. The summed E-state index contributed by atoms with van der Waals surface area (Å²) in [6.45, 7) is 8.53. The molecule has 2 saturated heterocycles. The molecule has 300 valence electrons. The molecule has 16 heteroatoms. The highest BCUT2D eigenvalue weighted by molar-refractivity contribution is 8.00. The zero-order chi connectivity index (χ0) is 40.3. The zero-order valence-corrected chi connectivity index (χ0v) is 34.7. The quantitative estimate of drug-likeness (QED) is 0.115. The van der Waals surface area contributed by atoms with Crippen molar-refractivity contribution in [1.29, 1.82) is 10.5 Å². The second-order valence-electron chi connectivity index (χ2n) is 15.3. The second kappa shape index (κ2) is 17.4. The van der Waals surface area contributed by atoms with Crippen LogP contribution in [-0.4, -0.2) is 87.9 Å². The third-order valence-corrected chi connectivity index (χ3v) is 13.1. The number of aromatic nitrogens is 9. The van der Waals surface area contributed by atoms with E-state index in [4.69, 9.17) is 20.0 Å². The summed E-state index contributed by atoms with van der Waals surface area (Å²) in [5, 5.41) is 47.3. The molecule has 14 nitrogen and oxygen atoms in total. The van der Waals surface area contributed by atoms with Gasteiger partial charge in [-0.2, -0.15) is 30.9 Å². The Bertz CT molecular complexity index is 2660. The van der Waals surface area contributed by atoms with E-state index >= 15 is 0 Å². The van der Waals surface area contributed by atoms with Crippen molar-refractivity contribution in [2.75, 3.05) is 32.8 Å². The van der Waals surface area contributed by atoms with Gasteiger partial charge in [0.2, 0.25) is 0 Å². The van der Waals surface area contributed by atoms with Crippen molar-refractivity contribution in [3.05, 3.63) is 96.7 Å². The van der Waals surface area contributed by atoms with Crippen molar-refractivity contribution in [2.45, 2.75) is 84.2 Å². The number of rotatable bonds is 13. The first-order chi connectivity index (χ1) is 28.9. The van der Waals surface area contributed by atoms with Crippen molar-refractivity contribution in [2.24, 2.45) is 0 Å². The molecule has 0 spiro atoms. The molecule has 7 aromatic rings. The van der Waals surface area contributed by atoms with Crippen LogP contribution in [0.3, 0.4) is 0 Å². The van der Waals surface area contributed by atoms with Crippen molar-refractivity contribution in [3.8, 4) is 34.4 Å². The smallest absolute Gasteiger partial charge is 0.103 e. The van der Waals surface area contributed by atoms with Gasteiger partial charge in [0.1, 0.15) is 22.7 Å². The lowest BCUT2D eigenvalue weighted by Crippen LogP contribution is -2.31. The summed E-state index contributed by atoms with van der Waals surface area (Å²) in [7, 11) is 0. The van der Waals surface area contributed by atoms with Crippen LogP contribution in [0, 0.1) is 22.7 Å². The molecule has 0 aliphatic carbocycles. The highest BCUT2D eigenvalue weighted by atomic mass is 32.2. The third-order valence-electron chi connectivity index (χ3n) is 11.0. The summed E-state index contributed by atoms with van der Waals surface area (Å²) in [4.78, 5) is 6.42. The van der Waals surface area contributed by atoms with Gasteiger partial charge in [-0.3, -0.25) is 9.36 Å². The number of pyridine rings is 3. The number of ether oxygens (including phenoxy) is 1. The molecule has 2 fully saturated rings. The van der Waals surface area contributed by atoms with E-state index < -0.39 is 0 Å². The van der Waals surface area contributed by atoms with Gasteiger partial charge >= 0.3 is 0 Å². The van der Waals surface area contributed by atoms with Crippen LogP contribution in [0.15, 0.2) is 94.7 Å². The first-order valence-corrected chi connectivity index (χ1v) is 21.9. The normalized spacial score (nSPS) is 17.3. The van der Waals surface area contributed by atoms with E-state index in [1.807, 2.05) is 54.4 Å². The van der Waals surface area contributed by atoms with Gasteiger partial charge in [0.25, 0.3) is 0 Å². The van der Waals surface area contributed by atoms with Crippen LogP contribution in [-0.2, 0) is 11.2 Å². The monoisotopic (exact) mass is 823 g/mol. The van der Waals surface area contributed by atoms with Crippen LogP contribution in [0.1, 0.15) is 68.4 Å². The van der Waals surface area contributed by atoms with Crippen molar-refractivity contribution in [3.63, 3.8) is 0 Å². The Hall–Kier alpha value is -5.49. The molecule has 9 rings (SSSR count). The molecule has 2 N–H and O–H groups in total. The summed E-state index contributed by atoms with van der Waals surface area (Å²) in [5.41, 5.74) is 7.24. The lowest BCUT2D eigenvalue weighted by Gasteiger charge is -2.22. The van der Waals surface area contributed by atoms with Crippen molar-refractivity contribution < 1.29 is 4.74 Å². The lowest BCUT2D eigenvalue weighted by atomic mass is 10.1. The highest BCUT2D eigenvalue weighted by Gasteiger charge is 2.24. The molecule has 1 unspecified atom stereocenters. The number of nitrogens with zero attached hydrogens (tertiary/aromatic N) is 11. The molecule has 9 heterocycles. The summed E-state index contributed by atoms with van der Waals surface area (Å²) in [6.07, 6.45) is 20.0. The SMILES string of the molecule is CC(Cc1nn2cc(-c3cnn(C4CCNCC4)c3)cc(Sc3ccccn3)c2c1C#N)OC[C@@H](C)Sc1cc(-c2cnn([C@@H]3CCCNC3)c2)cn2ncc(C#N)c12. The Morgan fingerprint density at radius 3 is 2.29 bits per heavy atom. The maximum Gasteiger partial charge on any atom is 0.103 e. The predicted octanol–water partition coefficient (Wildman–Crippen LogP) is 6.98. The molecule has 0 radical (unpaired) electrons. The number of hydrogen-bond donors (Lipinski definition) is 2. The summed E-state index contributed by atoms with van der Waals surface area (Å²) >= 11 is 3.18. The molecule has 3 atom stereocenters.